The first kappa shape index (κ1) is 21.6. The van der Waals surface area contributed by atoms with Gasteiger partial charge in [0.2, 0.25) is 5.91 Å². The van der Waals surface area contributed by atoms with Crippen LogP contribution in [0.4, 0.5) is 10.5 Å². The minimum Gasteiger partial charge on any atom is -0.497 e. The van der Waals surface area contributed by atoms with Gasteiger partial charge in [0.25, 0.3) is 0 Å². The van der Waals surface area contributed by atoms with Gasteiger partial charge in [-0.05, 0) is 55.8 Å². The number of ether oxygens (including phenoxy) is 1. The van der Waals surface area contributed by atoms with Crippen LogP contribution < -0.4 is 20.7 Å². The second-order valence-corrected chi connectivity index (χ2v) is 7.67. The number of carbonyl (C=O) groups excluding carboxylic acids is 2. The van der Waals surface area contributed by atoms with Crippen LogP contribution >= 0.6 is 11.8 Å². The third-order valence-corrected chi connectivity index (χ3v) is 4.79. The van der Waals surface area contributed by atoms with E-state index in [4.69, 9.17) is 4.74 Å². The summed E-state index contributed by atoms with van der Waals surface area (Å²) in [5.41, 5.74) is 1.69. The zero-order valence-corrected chi connectivity index (χ0v) is 17.3. The van der Waals surface area contributed by atoms with Crippen LogP contribution in [-0.4, -0.2) is 30.8 Å². The van der Waals surface area contributed by atoms with Crippen LogP contribution in [0.15, 0.2) is 53.4 Å². The number of urea groups is 1. The minimum absolute atomic E-state index is 0.0134. The average Bonchev–Trinajstić information content (AvgIpc) is 2.67. The summed E-state index contributed by atoms with van der Waals surface area (Å²) in [5.74, 6) is 1.55. The van der Waals surface area contributed by atoms with Crippen LogP contribution in [0.2, 0.25) is 0 Å². The number of thioether (sulfide) groups is 1. The monoisotopic (exact) mass is 401 g/mol. The normalized spacial score (nSPS) is 10.4. The van der Waals surface area contributed by atoms with Crippen molar-refractivity contribution in [3.8, 4) is 5.75 Å². The number of benzene rings is 2. The van der Waals surface area contributed by atoms with Crippen molar-refractivity contribution in [1.82, 2.24) is 10.6 Å². The standard InChI is InChI=1S/C21H27N3O3S/c1-15(2)23-21(26)24-17-6-4-16(5-7-17)14-22-20(25)12-13-28-19-10-8-18(27-3)9-11-19/h4-11,15H,12-14H2,1-3H3,(H,22,25)(H2,23,24,26). The highest BCUT2D eigenvalue weighted by atomic mass is 32.2. The van der Waals surface area contributed by atoms with Gasteiger partial charge in [0.15, 0.2) is 0 Å². The topological polar surface area (TPSA) is 79.5 Å². The van der Waals surface area contributed by atoms with E-state index in [0.717, 1.165) is 16.2 Å². The van der Waals surface area contributed by atoms with E-state index in [1.54, 1.807) is 18.9 Å². The zero-order valence-electron chi connectivity index (χ0n) is 16.5. The molecule has 0 bridgehead atoms. The Hall–Kier alpha value is -2.67. The first-order valence-corrected chi connectivity index (χ1v) is 10.1. The lowest BCUT2D eigenvalue weighted by molar-refractivity contribution is -0.120. The zero-order chi connectivity index (χ0) is 20.4. The Balaban J connectivity index is 1.68. The number of rotatable bonds is 9. The largest absolute Gasteiger partial charge is 0.497 e. The van der Waals surface area contributed by atoms with E-state index in [1.165, 1.54) is 0 Å². The van der Waals surface area contributed by atoms with E-state index >= 15 is 0 Å². The first-order chi connectivity index (χ1) is 13.5. The van der Waals surface area contributed by atoms with Crippen LogP contribution in [0.5, 0.6) is 5.75 Å². The second-order valence-electron chi connectivity index (χ2n) is 6.50. The van der Waals surface area contributed by atoms with Crippen molar-refractivity contribution in [3.63, 3.8) is 0 Å². The Labute approximate surface area is 170 Å². The first-order valence-electron chi connectivity index (χ1n) is 9.16. The second kappa shape index (κ2) is 11.2. The highest BCUT2D eigenvalue weighted by Gasteiger charge is 2.05. The Morgan fingerprint density at radius 2 is 1.71 bits per heavy atom. The summed E-state index contributed by atoms with van der Waals surface area (Å²) >= 11 is 1.64. The molecule has 3 N–H and O–H groups in total. The van der Waals surface area contributed by atoms with Crippen molar-refractivity contribution < 1.29 is 14.3 Å². The lowest BCUT2D eigenvalue weighted by atomic mass is 10.2. The van der Waals surface area contributed by atoms with E-state index < -0.39 is 0 Å². The molecule has 2 aromatic rings. The molecule has 0 atom stereocenters. The Morgan fingerprint density at radius 3 is 2.32 bits per heavy atom. The van der Waals surface area contributed by atoms with E-state index in [9.17, 15) is 9.59 Å². The van der Waals surface area contributed by atoms with Crippen molar-refractivity contribution >= 4 is 29.4 Å². The van der Waals surface area contributed by atoms with Crippen LogP contribution in [0.3, 0.4) is 0 Å². The predicted molar refractivity (Wildman–Crippen MR) is 114 cm³/mol. The maximum Gasteiger partial charge on any atom is 0.319 e. The number of amides is 3. The third-order valence-electron chi connectivity index (χ3n) is 3.78. The molecule has 28 heavy (non-hydrogen) atoms. The lowest BCUT2D eigenvalue weighted by Crippen LogP contribution is -2.34. The highest BCUT2D eigenvalue weighted by molar-refractivity contribution is 7.99. The molecule has 0 unspecified atom stereocenters. The number of hydrogen-bond donors (Lipinski definition) is 3. The molecule has 0 aliphatic heterocycles. The number of anilines is 1. The van der Waals surface area contributed by atoms with Gasteiger partial charge in [-0.3, -0.25) is 4.79 Å². The Morgan fingerprint density at radius 1 is 1.04 bits per heavy atom. The van der Waals surface area contributed by atoms with Gasteiger partial charge in [-0.1, -0.05) is 12.1 Å². The van der Waals surface area contributed by atoms with Crippen molar-refractivity contribution in [2.24, 2.45) is 0 Å². The molecule has 2 rings (SSSR count). The SMILES string of the molecule is COc1ccc(SCCC(=O)NCc2ccc(NC(=O)NC(C)C)cc2)cc1. The maximum absolute atomic E-state index is 12.0. The molecule has 6 nitrogen and oxygen atoms in total. The molecule has 0 saturated heterocycles. The van der Waals surface area contributed by atoms with Crippen LogP contribution in [-0.2, 0) is 11.3 Å². The molecular formula is C21H27N3O3S. The van der Waals surface area contributed by atoms with Gasteiger partial charge in [0, 0.05) is 35.3 Å². The van der Waals surface area contributed by atoms with Crippen LogP contribution in [0.25, 0.3) is 0 Å². The Bertz CT molecular complexity index is 761. The van der Waals surface area contributed by atoms with Crippen molar-refractivity contribution in [2.45, 2.75) is 37.8 Å². The molecule has 2 aromatic carbocycles. The van der Waals surface area contributed by atoms with Gasteiger partial charge < -0.3 is 20.7 Å². The van der Waals surface area contributed by atoms with E-state index in [-0.39, 0.29) is 18.0 Å². The Kier molecular flexibility index (Phi) is 8.68. The van der Waals surface area contributed by atoms with Crippen LogP contribution in [0, 0.1) is 0 Å². The molecule has 0 fully saturated rings. The van der Waals surface area contributed by atoms with E-state index in [2.05, 4.69) is 16.0 Å². The number of hydrogen-bond acceptors (Lipinski definition) is 4. The fourth-order valence-electron chi connectivity index (χ4n) is 2.36. The summed E-state index contributed by atoms with van der Waals surface area (Å²) in [4.78, 5) is 24.8. The van der Waals surface area contributed by atoms with Gasteiger partial charge >= 0.3 is 6.03 Å². The van der Waals surface area contributed by atoms with Crippen molar-refractivity contribution in [3.05, 3.63) is 54.1 Å². The highest BCUT2D eigenvalue weighted by Crippen LogP contribution is 2.21. The smallest absolute Gasteiger partial charge is 0.319 e. The summed E-state index contributed by atoms with van der Waals surface area (Å²) < 4.78 is 5.13. The van der Waals surface area contributed by atoms with Gasteiger partial charge in [-0.25, -0.2) is 4.79 Å². The number of carbonyl (C=O) groups is 2. The molecule has 0 aliphatic carbocycles. The lowest BCUT2D eigenvalue weighted by Gasteiger charge is -2.11. The molecule has 150 valence electrons. The molecule has 0 radical (unpaired) electrons. The quantitative estimate of drug-likeness (QED) is 0.555. The molecular weight excluding hydrogens is 374 g/mol. The van der Waals surface area contributed by atoms with Gasteiger partial charge in [-0.15, -0.1) is 11.8 Å². The minimum atomic E-state index is -0.231. The average molecular weight is 402 g/mol. The molecule has 0 aromatic heterocycles. The van der Waals surface area contributed by atoms with Crippen molar-refractivity contribution in [1.29, 1.82) is 0 Å². The maximum atomic E-state index is 12.0. The summed E-state index contributed by atoms with van der Waals surface area (Å²) in [6.45, 7) is 4.27. The number of nitrogens with one attached hydrogen (secondary N) is 3. The molecule has 0 spiro atoms. The summed E-state index contributed by atoms with van der Waals surface area (Å²) in [6.07, 6.45) is 0.450. The fraction of sp³-hybridized carbons (Fsp3) is 0.333. The molecule has 0 aliphatic rings. The summed E-state index contributed by atoms with van der Waals surface area (Å²) in [6, 6.07) is 15.1. The van der Waals surface area contributed by atoms with Gasteiger partial charge in [0.05, 0.1) is 7.11 Å². The third kappa shape index (κ3) is 7.92. The summed E-state index contributed by atoms with van der Waals surface area (Å²) in [7, 11) is 1.64. The van der Waals surface area contributed by atoms with Crippen LogP contribution in [0.1, 0.15) is 25.8 Å². The van der Waals surface area contributed by atoms with E-state index in [1.807, 2.05) is 62.4 Å². The molecule has 3 amide bonds. The number of methoxy groups -OCH3 is 1. The predicted octanol–water partition coefficient (Wildman–Crippen LogP) is 4.02. The molecule has 7 heteroatoms. The molecule has 0 saturated carbocycles. The van der Waals surface area contributed by atoms with Gasteiger partial charge in [-0.2, -0.15) is 0 Å². The summed E-state index contributed by atoms with van der Waals surface area (Å²) in [5, 5.41) is 8.45. The fourth-order valence-corrected chi connectivity index (χ4v) is 3.21. The van der Waals surface area contributed by atoms with Gasteiger partial charge in [0.1, 0.15) is 5.75 Å². The van der Waals surface area contributed by atoms with Crippen molar-refractivity contribution in [2.75, 3.05) is 18.2 Å². The molecule has 0 heterocycles. The van der Waals surface area contributed by atoms with E-state index in [0.29, 0.717) is 24.4 Å².